The molecule has 0 saturated heterocycles. The highest BCUT2D eigenvalue weighted by Crippen LogP contribution is 2.10. The minimum absolute atomic E-state index is 0.297. The van der Waals surface area contributed by atoms with Crippen LogP contribution < -0.4 is 10.7 Å². The summed E-state index contributed by atoms with van der Waals surface area (Å²) in [7, 11) is 0. The third kappa shape index (κ3) is 4.41. The van der Waals surface area contributed by atoms with Crippen molar-refractivity contribution in [2.24, 2.45) is 5.10 Å². The van der Waals surface area contributed by atoms with Crippen LogP contribution in [0.25, 0.3) is 0 Å². The lowest BCUT2D eigenvalue weighted by Gasteiger charge is -2.13. The maximum absolute atomic E-state index is 13.4. The molecule has 0 saturated carbocycles. The third-order valence-corrected chi connectivity index (χ3v) is 3.08. The summed E-state index contributed by atoms with van der Waals surface area (Å²) >= 11 is 0. The van der Waals surface area contributed by atoms with Crippen LogP contribution in [0.15, 0.2) is 53.6 Å². The minimum Gasteiger partial charge on any atom is -0.374 e. The average Bonchev–Trinajstić information content (AvgIpc) is 2.49. The molecule has 5 heteroatoms. The summed E-state index contributed by atoms with van der Waals surface area (Å²) in [4.78, 5) is 11.9. The van der Waals surface area contributed by atoms with Crippen molar-refractivity contribution < 1.29 is 9.18 Å². The predicted octanol–water partition coefficient (Wildman–Crippen LogP) is 3.08. The van der Waals surface area contributed by atoms with E-state index in [2.05, 4.69) is 15.8 Å². The van der Waals surface area contributed by atoms with E-state index in [0.717, 1.165) is 11.3 Å². The van der Waals surface area contributed by atoms with Gasteiger partial charge in [-0.2, -0.15) is 5.10 Å². The Morgan fingerprint density at radius 2 is 2.00 bits per heavy atom. The zero-order chi connectivity index (χ0) is 15.9. The molecule has 0 unspecified atom stereocenters. The van der Waals surface area contributed by atoms with E-state index in [4.69, 9.17) is 0 Å². The second-order valence-corrected chi connectivity index (χ2v) is 4.99. The van der Waals surface area contributed by atoms with E-state index >= 15 is 0 Å². The average molecular weight is 299 g/mol. The van der Waals surface area contributed by atoms with Gasteiger partial charge in [0, 0.05) is 11.3 Å². The van der Waals surface area contributed by atoms with Gasteiger partial charge in [0.1, 0.15) is 11.9 Å². The van der Waals surface area contributed by atoms with Crippen LogP contribution in [-0.2, 0) is 4.79 Å². The Morgan fingerprint density at radius 1 is 1.23 bits per heavy atom. The van der Waals surface area contributed by atoms with Crippen LogP contribution in [0.4, 0.5) is 10.1 Å². The summed E-state index contributed by atoms with van der Waals surface area (Å²) in [6.07, 6.45) is 1.28. The number of carbonyl (C=O) groups excluding carboxylic acids is 1. The number of hydrogen-bond acceptors (Lipinski definition) is 3. The lowest BCUT2D eigenvalue weighted by atomic mass is 10.2. The quantitative estimate of drug-likeness (QED) is 0.658. The molecule has 0 aliphatic heterocycles. The van der Waals surface area contributed by atoms with Crippen molar-refractivity contribution in [3.63, 3.8) is 0 Å². The van der Waals surface area contributed by atoms with Gasteiger partial charge in [0.25, 0.3) is 5.91 Å². The summed E-state index contributed by atoms with van der Waals surface area (Å²) in [6.45, 7) is 3.71. The number of nitrogens with zero attached hydrogens (tertiary/aromatic N) is 1. The summed E-state index contributed by atoms with van der Waals surface area (Å²) in [5.74, 6) is -0.680. The van der Waals surface area contributed by atoms with Crippen LogP contribution in [-0.4, -0.2) is 18.2 Å². The molecule has 0 aliphatic carbocycles. The number of amides is 1. The van der Waals surface area contributed by atoms with Gasteiger partial charge in [-0.3, -0.25) is 4.79 Å². The van der Waals surface area contributed by atoms with Crippen molar-refractivity contribution in [2.45, 2.75) is 19.9 Å². The molecule has 0 bridgehead atoms. The van der Waals surface area contributed by atoms with Gasteiger partial charge in [-0.05, 0) is 37.6 Å². The molecule has 1 atom stereocenters. The largest absolute Gasteiger partial charge is 0.374 e. The van der Waals surface area contributed by atoms with Gasteiger partial charge < -0.3 is 5.32 Å². The molecule has 22 heavy (non-hydrogen) atoms. The highest BCUT2D eigenvalue weighted by atomic mass is 19.1. The van der Waals surface area contributed by atoms with E-state index in [-0.39, 0.29) is 11.7 Å². The topological polar surface area (TPSA) is 53.5 Å². The first kappa shape index (κ1) is 15.7. The van der Waals surface area contributed by atoms with Crippen molar-refractivity contribution in [3.8, 4) is 0 Å². The molecule has 0 radical (unpaired) electrons. The highest BCUT2D eigenvalue weighted by molar-refractivity contribution is 5.86. The van der Waals surface area contributed by atoms with E-state index in [1.807, 2.05) is 31.2 Å². The Morgan fingerprint density at radius 3 is 2.73 bits per heavy atom. The van der Waals surface area contributed by atoms with Crippen molar-refractivity contribution >= 4 is 17.8 Å². The van der Waals surface area contributed by atoms with E-state index in [9.17, 15) is 9.18 Å². The SMILES string of the molecule is Cc1cccc(N[C@@H](C)C(=O)N/N=C\c2ccccc2F)c1. The minimum atomic E-state index is -0.459. The zero-order valence-corrected chi connectivity index (χ0v) is 12.5. The van der Waals surface area contributed by atoms with Crippen molar-refractivity contribution in [2.75, 3.05) is 5.32 Å². The molecular weight excluding hydrogens is 281 g/mol. The van der Waals surface area contributed by atoms with Gasteiger partial charge >= 0.3 is 0 Å². The molecule has 2 N–H and O–H groups in total. The van der Waals surface area contributed by atoms with Gasteiger partial charge in [-0.1, -0.05) is 30.3 Å². The number of anilines is 1. The van der Waals surface area contributed by atoms with E-state index in [1.54, 1.807) is 25.1 Å². The smallest absolute Gasteiger partial charge is 0.262 e. The second-order valence-electron chi connectivity index (χ2n) is 4.99. The van der Waals surface area contributed by atoms with Gasteiger partial charge in [-0.25, -0.2) is 9.82 Å². The van der Waals surface area contributed by atoms with Crippen LogP contribution in [0.3, 0.4) is 0 Å². The maximum Gasteiger partial charge on any atom is 0.262 e. The maximum atomic E-state index is 13.4. The predicted molar refractivity (Wildman–Crippen MR) is 86.4 cm³/mol. The summed E-state index contributed by atoms with van der Waals surface area (Å²) in [5.41, 5.74) is 4.68. The number of nitrogens with one attached hydrogen (secondary N) is 2. The lowest BCUT2D eigenvalue weighted by Crippen LogP contribution is -2.34. The normalized spacial score (nSPS) is 12.1. The van der Waals surface area contributed by atoms with Gasteiger partial charge in [0.05, 0.1) is 6.21 Å². The third-order valence-electron chi connectivity index (χ3n) is 3.08. The van der Waals surface area contributed by atoms with Gasteiger partial charge in [0.2, 0.25) is 0 Å². The standard InChI is InChI=1S/C17H18FN3O/c1-12-6-5-8-15(10-12)20-13(2)17(22)21-19-11-14-7-3-4-9-16(14)18/h3-11,13,20H,1-2H3,(H,21,22)/b19-11-/t13-/m0/s1. The number of hydrazone groups is 1. The molecule has 0 aliphatic rings. The molecule has 0 fully saturated rings. The fourth-order valence-electron chi connectivity index (χ4n) is 1.89. The van der Waals surface area contributed by atoms with Crippen LogP contribution in [0, 0.1) is 12.7 Å². The van der Waals surface area contributed by atoms with Gasteiger partial charge in [0.15, 0.2) is 0 Å². The molecule has 2 rings (SSSR count). The Labute approximate surface area is 129 Å². The van der Waals surface area contributed by atoms with Crippen molar-refractivity contribution in [3.05, 3.63) is 65.5 Å². The van der Waals surface area contributed by atoms with Crippen LogP contribution in [0.2, 0.25) is 0 Å². The Bertz CT molecular complexity index is 685. The van der Waals surface area contributed by atoms with E-state index < -0.39 is 6.04 Å². The molecular formula is C17H18FN3O. The fourth-order valence-corrected chi connectivity index (χ4v) is 1.89. The molecule has 1 amide bonds. The van der Waals surface area contributed by atoms with Crippen molar-refractivity contribution in [1.82, 2.24) is 5.43 Å². The van der Waals surface area contributed by atoms with Gasteiger partial charge in [-0.15, -0.1) is 0 Å². The lowest BCUT2D eigenvalue weighted by molar-refractivity contribution is -0.121. The molecule has 2 aromatic rings. The van der Waals surface area contributed by atoms with Crippen LogP contribution >= 0.6 is 0 Å². The Hall–Kier alpha value is -2.69. The number of rotatable bonds is 5. The monoisotopic (exact) mass is 299 g/mol. The van der Waals surface area contributed by atoms with Crippen LogP contribution in [0.5, 0.6) is 0 Å². The number of benzene rings is 2. The van der Waals surface area contributed by atoms with E-state index in [0.29, 0.717) is 5.56 Å². The number of aryl methyl sites for hydroxylation is 1. The fraction of sp³-hybridized carbons (Fsp3) is 0.176. The molecule has 0 heterocycles. The number of hydrogen-bond donors (Lipinski definition) is 2. The zero-order valence-electron chi connectivity index (χ0n) is 12.5. The molecule has 2 aromatic carbocycles. The summed E-state index contributed by atoms with van der Waals surface area (Å²) in [6, 6.07) is 13.5. The Kier molecular flexibility index (Phi) is 5.25. The Balaban J connectivity index is 1.90. The molecule has 0 aromatic heterocycles. The summed E-state index contributed by atoms with van der Waals surface area (Å²) in [5, 5.41) is 6.86. The summed E-state index contributed by atoms with van der Waals surface area (Å²) < 4.78 is 13.4. The molecule has 0 spiro atoms. The first-order chi connectivity index (χ1) is 10.6. The highest BCUT2D eigenvalue weighted by Gasteiger charge is 2.11. The second kappa shape index (κ2) is 7.36. The number of halogens is 1. The van der Waals surface area contributed by atoms with Crippen LogP contribution in [0.1, 0.15) is 18.1 Å². The van der Waals surface area contributed by atoms with Crippen molar-refractivity contribution in [1.29, 1.82) is 0 Å². The number of carbonyl (C=O) groups is 1. The molecule has 4 nitrogen and oxygen atoms in total. The molecule has 114 valence electrons. The first-order valence-corrected chi connectivity index (χ1v) is 6.97. The first-order valence-electron chi connectivity index (χ1n) is 6.97. The van der Waals surface area contributed by atoms with E-state index in [1.165, 1.54) is 12.3 Å².